The van der Waals surface area contributed by atoms with Gasteiger partial charge in [-0.05, 0) is 81.0 Å². The van der Waals surface area contributed by atoms with Gasteiger partial charge in [-0.2, -0.15) is 0 Å². The van der Waals surface area contributed by atoms with E-state index in [4.69, 9.17) is 4.74 Å². The first-order chi connectivity index (χ1) is 16.0. The van der Waals surface area contributed by atoms with Crippen LogP contribution in [-0.4, -0.2) is 46.3 Å². The summed E-state index contributed by atoms with van der Waals surface area (Å²) in [5, 5.41) is 33.0. The Bertz CT molecular complexity index is 868. The van der Waals surface area contributed by atoms with Crippen molar-refractivity contribution in [3.05, 3.63) is 23.8 Å². The molecule has 10 atom stereocenters. The second-order valence-corrected chi connectivity index (χ2v) is 14.5. The number of fused-ring (bicyclic) bond motifs is 5. The van der Waals surface area contributed by atoms with E-state index in [0.29, 0.717) is 23.7 Å². The molecule has 4 aliphatic carbocycles. The van der Waals surface area contributed by atoms with Crippen LogP contribution in [0, 0.1) is 45.3 Å². The van der Waals surface area contributed by atoms with Gasteiger partial charge in [0.1, 0.15) is 0 Å². The van der Waals surface area contributed by atoms with E-state index in [1.165, 1.54) is 5.57 Å². The zero-order chi connectivity index (χ0) is 26.2. The third-order valence-corrected chi connectivity index (χ3v) is 11.8. The molecule has 4 rings (SSSR count). The van der Waals surface area contributed by atoms with Gasteiger partial charge in [0.25, 0.3) is 0 Å². The molecule has 0 aromatic carbocycles. The molecular formula is C31H52O4. The van der Waals surface area contributed by atoms with Crippen molar-refractivity contribution in [2.45, 2.75) is 118 Å². The lowest BCUT2D eigenvalue weighted by atomic mass is 9.37. The Morgan fingerprint density at radius 3 is 2.34 bits per heavy atom. The van der Waals surface area contributed by atoms with E-state index in [9.17, 15) is 15.3 Å². The topological polar surface area (TPSA) is 69.9 Å². The molecule has 0 unspecified atom stereocenters. The van der Waals surface area contributed by atoms with Gasteiger partial charge in [0.15, 0.2) is 0 Å². The first kappa shape index (κ1) is 27.4. The second kappa shape index (κ2) is 8.68. The van der Waals surface area contributed by atoms with Crippen LogP contribution < -0.4 is 0 Å². The summed E-state index contributed by atoms with van der Waals surface area (Å²) in [6.45, 7) is 17.6. The maximum atomic E-state index is 12.0. The summed E-state index contributed by atoms with van der Waals surface area (Å²) in [6.07, 6.45) is 11.5. The average Bonchev–Trinajstić information content (AvgIpc) is 3.02. The summed E-state index contributed by atoms with van der Waals surface area (Å²) >= 11 is 0. The lowest BCUT2D eigenvalue weighted by molar-refractivity contribution is -0.228. The van der Waals surface area contributed by atoms with Crippen LogP contribution in [0.3, 0.4) is 0 Å². The molecule has 0 aromatic heterocycles. The molecule has 0 spiro atoms. The molecule has 4 heteroatoms. The number of hydrogen-bond acceptors (Lipinski definition) is 4. The predicted octanol–water partition coefficient (Wildman–Crippen LogP) is 5.90. The summed E-state index contributed by atoms with van der Waals surface area (Å²) in [6, 6.07) is 0. The molecule has 0 aliphatic heterocycles. The highest BCUT2D eigenvalue weighted by Gasteiger charge is 2.72. The molecule has 200 valence electrons. The summed E-state index contributed by atoms with van der Waals surface area (Å²) in [5.74, 6) is 1.56. The molecule has 0 saturated heterocycles. The molecule has 3 fully saturated rings. The molecular weight excluding hydrogens is 436 g/mol. The van der Waals surface area contributed by atoms with E-state index in [0.717, 1.165) is 38.5 Å². The highest BCUT2D eigenvalue weighted by molar-refractivity contribution is 5.33. The predicted molar refractivity (Wildman–Crippen MR) is 142 cm³/mol. The number of rotatable bonds is 5. The zero-order valence-electron chi connectivity index (χ0n) is 23.8. The SMILES string of the molecule is CO[C@H]1C=C2[C@@H](CC[C@H](O)C2(C)C)[C@]2(C)C[C@@H](O)[C@]3(C)[C@@H]([C@H](C)C/C=C/C(C)(C)O)CC[C@@]3(C)[C@H]12. The van der Waals surface area contributed by atoms with Crippen LogP contribution in [0.2, 0.25) is 0 Å². The van der Waals surface area contributed by atoms with Crippen molar-refractivity contribution in [1.29, 1.82) is 0 Å². The van der Waals surface area contributed by atoms with Crippen LogP contribution in [0.15, 0.2) is 23.8 Å². The van der Waals surface area contributed by atoms with Gasteiger partial charge in [0, 0.05) is 23.9 Å². The Morgan fingerprint density at radius 1 is 1.09 bits per heavy atom. The minimum absolute atomic E-state index is 0.00297. The van der Waals surface area contributed by atoms with Gasteiger partial charge in [-0.25, -0.2) is 0 Å². The molecule has 0 radical (unpaired) electrons. The normalized spacial score (nSPS) is 48.2. The number of methoxy groups -OCH3 is 1. The Balaban J connectivity index is 1.74. The van der Waals surface area contributed by atoms with E-state index in [1.54, 1.807) is 0 Å². The second-order valence-electron chi connectivity index (χ2n) is 14.5. The van der Waals surface area contributed by atoms with Crippen molar-refractivity contribution in [2.24, 2.45) is 45.3 Å². The number of aliphatic hydroxyl groups is 3. The Labute approximate surface area is 214 Å². The zero-order valence-corrected chi connectivity index (χ0v) is 23.8. The lowest BCUT2D eigenvalue weighted by Crippen LogP contribution is -2.67. The van der Waals surface area contributed by atoms with E-state index >= 15 is 0 Å². The van der Waals surface area contributed by atoms with Crippen LogP contribution in [0.25, 0.3) is 0 Å². The third kappa shape index (κ3) is 3.92. The molecule has 4 nitrogen and oxygen atoms in total. The van der Waals surface area contributed by atoms with Crippen molar-refractivity contribution >= 4 is 0 Å². The number of allylic oxidation sites excluding steroid dienone is 1. The fraction of sp³-hybridized carbons (Fsp3) is 0.871. The summed E-state index contributed by atoms with van der Waals surface area (Å²) < 4.78 is 6.28. The summed E-state index contributed by atoms with van der Waals surface area (Å²) in [5.41, 5.74) is 0.000834. The largest absolute Gasteiger partial charge is 0.393 e. The third-order valence-electron chi connectivity index (χ3n) is 11.8. The molecule has 0 amide bonds. The van der Waals surface area contributed by atoms with E-state index in [2.05, 4.69) is 53.7 Å². The molecule has 4 aliphatic rings. The Hall–Kier alpha value is -0.680. The van der Waals surface area contributed by atoms with Crippen molar-refractivity contribution in [1.82, 2.24) is 0 Å². The maximum Gasteiger partial charge on any atom is 0.0793 e. The van der Waals surface area contributed by atoms with Gasteiger partial charge >= 0.3 is 0 Å². The van der Waals surface area contributed by atoms with Crippen LogP contribution >= 0.6 is 0 Å². The van der Waals surface area contributed by atoms with Gasteiger partial charge in [-0.3, -0.25) is 0 Å². The Kier molecular flexibility index (Phi) is 6.79. The van der Waals surface area contributed by atoms with Crippen molar-refractivity contribution in [3.63, 3.8) is 0 Å². The first-order valence-corrected chi connectivity index (χ1v) is 14.0. The standard InChI is InChI=1S/C31H52O4/c1-19(11-10-15-27(2,3)34)20-14-16-30(7)26-23(35-9)17-22-21(12-13-24(32)28(22,4)5)29(26,6)18-25(33)31(20,30)8/h10,15,17,19-21,23-26,32-34H,11-14,16,18H2,1-9H3/b15-10+/t19-,20-,21-,23+,24+,25-,26-,29+,30+,31+/m1/s1. The molecule has 35 heavy (non-hydrogen) atoms. The monoisotopic (exact) mass is 488 g/mol. The number of hydrogen-bond donors (Lipinski definition) is 3. The fourth-order valence-electron chi connectivity index (χ4n) is 9.73. The smallest absolute Gasteiger partial charge is 0.0793 e. The van der Waals surface area contributed by atoms with E-state index < -0.39 is 5.60 Å². The van der Waals surface area contributed by atoms with Crippen LogP contribution in [-0.2, 0) is 4.74 Å². The molecule has 0 bridgehead atoms. The minimum Gasteiger partial charge on any atom is -0.393 e. The summed E-state index contributed by atoms with van der Waals surface area (Å²) in [4.78, 5) is 0. The van der Waals surface area contributed by atoms with E-state index in [1.807, 2.05) is 27.0 Å². The van der Waals surface area contributed by atoms with Crippen LogP contribution in [0.1, 0.15) is 93.9 Å². The Morgan fingerprint density at radius 2 is 1.74 bits per heavy atom. The van der Waals surface area contributed by atoms with Gasteiger partial charge < -0.3 is 20.1 Å². The molecule has 3 saturated carbocycles. The lowest BCUT2D eigenvalue weighted by Gasteiger charge is -2.68. The first-order valence-electron chi connectivity index (χ1n) is 14.0. The highest BCUT2D eigenvalue weighted by atomic mass is 16.5. The van der Waals surface area contributed by atoms with Crippen molar-refractivity contribution in [2.75, 3.05) is 7.11 Å². The molecule has 0 aromatic rings. The van der Waals surface area contributed by atoms with Crippen LogP contribution in [0.5, 0.6) is 0 Å². The number of aliphatic hydroxyl groups excluding tert-OH is 2. The fourth-order valence-corrected chi connectivity index (χ4v) is 9.73. The average molecular weight is 489 g/mol. The van der Waals surface area contributed by atoms with E-state index in [-0.39, 0.29) is 40.0 Å². The van der Waals surface area contributed by atoms with Crippen molar-refractivity contribution < 1.29 is 20.1 Å². The quantitative estimate of drug-likeness (QED) is 0.421. The maximum absolute atomic E-state index is 12.0. The number of ether oxygens (including phenoxy) is 1. The minimum atomic E-state index is -0.793. The van der Waals surface area contributed by atoms with Crippen molar-refractivity contribution in [3.8, 4) is 0 Å². The van der Waals surface area contributed by atoms with Crippen LogP contribution in [0.4, 0.5) is 0 Å². The van der Waals surface area contributed by atoms with Gasteiger partial charge in [0.05, 0.1) is 23.9 Å². The van der Waals surface area contributed by atoms with Gasteiger partial charge in [-0.1, -0.05) is 65.3 Å². The van der Waals surface area contributed by atoms with Gasteiger partial charge in [-0.15, -0.1) is 0 Å². The highest BCUT2D eigenvalue weighted by Crippen LogP contribution is 2.75. The van der Waals surface area contributed by atoms with Gasteiger partial charge in [0.2, 0.25) is 0 Å². The molecule has 0 heterocycles. The summed E-state index contributed by atoms with van der Waals surface area (Å²) in [7, 11) is 1.84. The molecule has 3 N–H and O–H groups in total.